The van der Waals surface area contributed by atoms with Crippen molar-refractivity contribution in [1.29, 1.82) is 0 Å². The largest absolute Gasteiger partial charge is 0.385 e. The maximum Gasteiger partial charge on any atom is 0.0326 e. The van der Waals surface area contributed by atoms with E-state index >= 15 is 0 Å². The third-order valence-electron chi connectivity index (χ3n) is 1.53. The van der Waals surface area contributed by atoms with Gasteiger partial charge in [0, 0.05) is 12.2 Å². The standard InChI is InChI=1S/C8H13N/c1-6(2)8-4-7(3)5-9-8/h4,7,9H,1,5H2,2-3H3. The molecule has 50 valence electrons. The first kappa shape index (κ1) is 6.40. The molecular formula is C8H13N. The highest BCUT2D eigenvalue weighted by atomic mass is 14.9. The van der Waals surface area contributed by atoms with Crippen LogP contribution in [0.5, 0.6) is 0 Å². The predicted octanol–water partition coefficient (Wildman–Crippen LogP) is 1.69. The highest BCUT2D eigenvalue weighted by Crippen LogP contribution is 2.13. The third-order valence-corrected chi connectivity index (χ3v) is 1.53. The average Bonchev–Trinajstić information content (AvgIpc) is 2.14. The fourth-order valence-corrected chi connectivity index (χ4v) is 0.966. The molecule has 1 N–H and O–H groups in total. The van der Waals surface area contributed by atoms with Gasteiger partial charge < -0.3 is 5.32 Å². The van der Waals surface area contributed by atoms with Crippen molar-refractivity contribution in [3.63, 3.8) is 0 Å². The summed E-state index contributed by atoms with van der Waals surface area (Å²) in [5, 5.41) is 3.27. The van der Waals surface area contributed by atoms with Crippen LogP contribution < -0.4 is 5.32 Å². The van der Waals surface area contributed by atoms with Crippen LogP contribution in [0.4, 0.5) is 0 Å². The van der Waals surface area contributed by atoms with Crippen LogP contribution in [0.1, 0.15) is 13.8 Å². The lowest BCUT2D eigenvalue weighted by Crippen LogP contribution is -2.10. The van der Waals surface area contributed by atoms with Gasteiger partial charge in [0.1, 0.15) is 0 Å². The molecule has 1 atom stereocenters. The third kappa shape index (κ3) is 1.35. The highest BCUT2D eigenvalue weighted by Gasteiger charge is 2.09. The van der Waals surface area contributed by atoms with Crippen LogP contribution in [0.15, 0.2) is 23.9 Å². The van der Waals surface area contributed by atoms with Gasteiger partial charge in [0.05, 0.1) is 0 Å². The van der Waals surface area contributed by atoms with Gasteiger partial charge in [0.2, 0.25) is 0 Å². The van der Waals surface area contributed by atoms with Crippen LogP contribution in [-0.2, 0) is 0 Å². The first-order valence-corrected chi connectivity index (χ1v) is 3.31. The van der Waals surface area contributed by atoms with E-state index in [1.807, 2.05) is 6.92 Å². The van der Waals surface area contributed by atoms with Crippen molar-refractivity contribution in [3.8, 4) is 0 Å². The average molecular weight is 123 g/mol. The number of hydrogen-bond donors (Lipinski definition) is 1. The first-order valence-electron chi connectivity index (χ1n) is 3.31. The van der Waals surface area contributed by atoms with Gasteiger partial charge in [0.15, 0.2) is 0 Å². The Hall–Kier alpha value is -0.720. The summed E-state index contributed by atoms with van der Waals surface area (Å²) in [4.78, 5) is 0. The van der Waals surface area contributed by atoms with Crippen LogP contribution in [-0.4, -0.2) is 6.54 Å². The van der Waals surface area contributed by atoms with E-state index in [2.05, 4.69) is 24.9 Å². The molecule has 9 heavy (non-hydrogen) atoms. The Kier molecular flexibility index (Phi) is 1.60. The molecule has 1 unspecified atom stereocenters. The fraction of sp³-hybridized carbons (Fsp3) is 0.500. The number of nitrogens with one attached hydrogen (secondary N) is 1. The maximum absolute atomic E-state index is 3.84. The Bertz CT molecular complexity index is 156. The van der Waals surface area contributed by atoms with Gasteiger partial charge in [-0.2, -0.15) is 0 Å². The zero-order valence-corrected chi connectivity index (χ0v) is 6.07. The molecule has 0 saturated heterocycles. The minimum Gasteiger partial charge on any atom is -0.385 e. The van der Waals surface area contributed by atoms with Gasteiger partial charge in [-0.1, -0.05) is 19.6 Å². The second kappa shape index (κ2) is 2.26. The van der Waals surface area contributed by atoms with Crippen LogP contribution in [0.2, 0.25) is 0 Å². The molecule has 0 aromatic carbocycles. The molecule has 0 amide bonds. The van der Waals surface area contributed by atoms with Gasteiger partial charge >= 0.3 is 0 Å². The number of allylic oxidation sites excluding steroid dienone is 1. The summed E-state index contributed by atoms with van der Waals surface area (Å²) in [5.74, 6) is 0.677. The summed E-state index contributed by atoms with van der Waals surface area (Å²) in [6.45, 7) is 9.13. The molecule has 1 heterocycles. The van der Waals surface area contributed by atoms with E-state index in [9.17, 15) is 0 Å². The van der Waals surface area contributed by atoms with Crippen molar-refractivity contribution in [3.05, 3.63) is 23.9 Å². The molecule has 1 rings (SSSR count). The van der Waals surface area contributed by atoms with Crippen molar-refractivity contribution >= 4 is 0 Å². The summed E-state index contributed by atoms with van der Waals surface area (Å²) in [5.41, 5.74) is 2.36. The second-order valence-electron chi connectivity index (χ2n) is 2.72. The van der Waals surface area contributed by atoms with Crippen molar-refractivity contribution in [1.82, 2.24) is 5.32 Å². The number of rotatable bonds is 1. The van der Waals surface area contributed by atoms with E-state index in [4.69, 9.17) is 0 Å². The SMILES string of the molecule is C=C(C)C1=CC(C)CN1. The summed E-state index contributed by atoms with van der Waals surface area (Å²) in [6, 6.07) is 0. The molecule has 0 bridgehead atoms. The normalized spacial score (nSPS) is 25.1. The molecule has 0 radical (unpaired) electrons. The van der Waals surface area contributed by atoms with Gasteiger partial charge in [-0.3, -0.25) is 0 Å². The van der Waals surface area contributed by atoms with Gasteiger partial charge in [-0.25, -0.2) is 0 Å². The molecule has 0 aromatic heterocycles. The Morgan fingerprint density at radius 1 is 1.89 bits per heavy atom. The molecule has 0 aromatic rings. The predicted molar refractivity (Wildman–Crippen MR) is 40.1 cm³/mol. The minimum atomic E-state index is 0.677. The Labute approximate surface area is 56.5 Å². The van der Waals surface area contributed by atoms with Crippen molar-refractivity contribution in [2.75, 3.05) is 6.54 Å². The summed E-state index contributed by atoms with van der Waals surface area (Å²) >= 11 is 0. The van der Waals surface area contributed by atoms with Crippen LogP contribution in [0.25, 0.3) is 0 Å². The quantitative estimate of drug-likeness (QED) is 0.559. The number of hydrogen-bond acceptors (Lipinski definition) is 1. The second-order valence-corrected chi connectivity index (χ2v) is 2.72. The van der Waals surface area contributed by atoms with Crippen molar-refractivity contribution < 1.29 is 0 Å². The highest BCUT2D eigenvalue weighted by molar-refractivity contribution is 5.28. The topological polar surface area (TPSA) is 12.0 Å². The summed E-state index contributed by atoms with van der Waals surface area (Å²) in [6.07, 6.45) is 2.22. The molecule has 1 aliphatic rings. The van der Waals surface area contributed by atoms with Crippen LogP contribution in [0.3, 0.4) is 0 Å². The molecule has 0 saturated carbocycles. The van der Waals surface area contributed by atoms with E-state index in [0.29, 0.717) is 5.92 Å². The van der Waals surface area contributed by atoms with Gasteiger partial charge in [0.25, 0.3) is 0 Å². The van der Waals surface area contributed by atoms with Crippen molar-refractivity contribution in [2.24, 2.45) is 5.92 Å². The van der Waals surface area contributed by atoms with Crippen LogP contribution in [0, 0.1) is 5.92 Å². The first-order chi connectivity index (χ1) is 4.20. The monoisotopic (exact) mass is 123 g/mol. The molecular weight excluding hydrogens is 110 g/mol. The molecule has 1 nitrogen and oxygen atoms in total. The maximum atomic E-state index is 3.84. The van der Waals surface area contributed by atoms with E-state index in [1.54, 1.807) is 0 Å². The molecule has 1 aliphatic heterocycles. The zero-order valence-electron chi connectivity index (χ0n) is 6.07. The smallest absolute Gasteiger partial charge is 0.0326 e. The molecule has 0 fully saturated rings. The van der Waals surface area contributed by atoms with Crippen LogP contribution >= 0.6 is 0 Å². The summed E-state index contributed by atoms with van der Waals surface area (Å²) in [7, 11) is 0. The molecule has 0 aliphatic carbocycles. The summed E-state index contributed by atoms with van der Waals surface area (Å²) < 4.78 is 0. The van der Waals surface area contributed by atoms with E-state index in [-0.39, 0.29) is 0 Å². The fourth-order valence-electron chi connectivity index (χ4n) is 0.966. The Morgan fingerprint density at radius 3 is 2.78 bits per heavy atom. The lowest BCUT2D eigenvalue weighted by Gasteiger charge is -1.99. The van der Waals surface area contributed by atoms with E-state index in [0.717, 1.165) is 12.1 Å². The Morgan fingerprint density at radius 2 is 2.56 bits per heavy atom. The lowest BCUT2D eigenvalue weighted by molar-refractivity contribution is 0.717. The minimum absolute atomic E-state index is 0.677. The molecule has 0 spiro atoms. The Balaban J connectivity index is 2.62. The van der Waals surface area contributed by atoms with Gasteiger partial charge in [-0.15, -0.1) is 0 Å². The van der Waals surface area contributed by atoms with E-state index in [1.165, 1.54) is 5.70 Å². The van der Waals surface area contributed by atoms with Crippen molar-refractivity contribution in [2.45, 2.75) is 13.8 Å². The molecule has 1 heteroatoms. The van der Waals surface area contributed by atoms with Gasteiger partial charge in [-0.05, 0) is 18.4 Å². The zero-order chi connectivity index (χ0) is 6.85. The lowest BCUT2D eigenvalue weighted by atomic mass is 10.2. The van der Waals surface area contributed by atoms with E-state index < -0.39 is 0 Å².